The number of hydrogen-bond donors (Lipinski definition) is 4. The third kappa shape index (κ3) is 8.36. The average Bonchev–Trinajstić information content (AvgIpc) is 1.93. The Morgan fingerprint density at radius 2 is 0.897 bits per heavy atom. The molecule has 78 heavy (non-hydrogen) atoms. The molecule has 2 saturated heterocycles. The zero-order chi connectivity index (χ0) is 54.2. The summed E-state index contributed by atoms with van der Waals surface area (Å²) in [7, 11) is 0. The zero-order valence-corrected chi connectivity index (χ0v) is 45.6. The van der Waals surface area contributed by atoms with E-state index in [1.807, 2.05) is 26.0 Å². The smallest absolute Gasteiger partial charge is 0.133 e. The van der Waals surface area contributed by atoms with Crippen LogP contribution in [0.2, 0.25) is 0 Å². The summed E-state index contributed by atoms with van der Waals surface area (Å²) >= 11 is 0. The van der Waals surface area contributed by atoms with Gasteiger partial charge in [-0.05, 0) is 174 Å². The van der Waals surface area contributed by atoms with Crippen molar-refractivity contribution in [1.29, 1.82) is 0 Å². The van der Waals surface area contributed by atoms with Gasteiger partial charge in [0.15, 0.2) is 0 Å². The number of alkyl halides is 2. The van der Waals surface area contributed by atoms with Crippen molar-refractivity contribution in [3.05, 3.63) is 141 Å². The van der Waals surface area contributed by atoms with Gasteiger partial charge in [0, 0.05) is 95.8 Å². The maximum absolute atomic E-state index is 16.1. The normalized spacial score (nSPS) is 32.7. The molecule has 8 fully saturated rings. The Morgan fingerprint density at radius 3 is 1.23 bits per heavy atom. The number of nitrogens with zero attached hydrogens (tertiary/aromatic N) is 4. The minimum Gasteiger partial charge on any atom is -0.393 e. The van der Waals surface area contributed by atoms with E-state index >= 15 is 17.6 Å². The highest BCUT2D eigenvalue weighted by Crippen LogP contribution is 2.75. The van der Waals surface area contributed by atoms with Crippen LogP contribution < -0.4 is 10.6 Å². The molecule has 12 aliphatic rings. The van der Waals surface area contributed by atoms with Crippen LogP contribution in [0.25, 0.3) is 11.1 Å². The van der Waals surface area contributed by atoms with E-state index in [9.17, 15) is 19.0 Å². The number of aliphatic hydroxyl groups is 2. The lowest BCUT2D eigenvalue weighted by molar-refractivity contribution is -0.274. The molecule has 0 radical (unpaired) electrons. The van der Waals surface area contributed by atoms with E-state index < -0.39 is 35.4 Å². The predicted octanol–water partition coefficient (Wildman–Crippen LogP) is 11.7. The van der Waals surface area contributed by atoms with Gasteiger partial charge in [0.05, 0.1) is 49.7 Å². The van der Waals surface area contributed by atoms with Crippen LogP contribution in [0.5, 0.6) is 0 Å². The van der Waals surface area contributed by atoms with Gasteiger partial charge < -0.3 is 20.8 Å². The van der Waals surface area contributed by atoms with Crippen molar-refractivity contribution in [2.45, 2.75) is 164 Å². The maximum Gasteiger partial charge on any atom is 0.133 e. The second-order valence-electron chi connectivity index (χ2n) is 26.0. The van der Waals surface area contributed by atoms with Crippen LogP contribution in [-0.2, 0) is 12.8 Å². The molecule has 4 N–H and O–H groups in total. The van der Waals surface area contributed by atoms with Gasteiger partial charge in [-0.15, -0.1) is 0 Å². The molecule has 16 rings (SSSR count). The number of aliphatic hydroxyl groups excluding tert-OH is 2. The van der Waals surface area contributed by atoms with Crippen molar-refractivity contribution < 1.29 is 36.6 Å². The Hall–Kier alpha value is -4.70. The molecule has 0 spiro atoms. The molecular formula is C64H76F6N6O2. The van der Waals surface area contributed by atoms with E-state index in [4.69, 9.17) is 0 Å². The summed E-state index contributed by atoms with van der Waals surface area (Å²) in [6, 6.07) is 22.2. The predicted molar refractivity (Wildman–Crippen MR) is 294 cm³/mol. The van der Waals surface area contributed by atoms with Crippen molar-refractivity contribution >= 4 is 22.5 Å². The summed E-state index contributed by atoms with van der Waals surface area (Å²) in [4.78, 5) is 9.14. The molecule has 8 nitrogen and oxygen atoms in total. The minimum absolute atomic E-state index is 0.0384. The molecule has 416 valence electrons. The topological polar surface area (TPSA) is 77.5 Å². The Labute approximate surface area is 455 Å². The molecule has 8 aliphatic carbocycles. The van der Waals surface area contributed by atoms with Crippen LogP contribution in [0.15, 0.2) is 83.9 Å². The number of anilines is 2. The Kier molecular flexibility index (Phi) is 13.2. The van der Waals surface area contributed by atoms with Crippen LogP contribution in [-0.4, -0.2) is 130 Å². The minimum atomic E-state index is -0.505. The molecule has 6 atom stereocenters. The molecule has 6 saturated carbocycles. The number of halogens is 6. The van der Waals surface area contributed by atoms with E-state index in [-0.39, 0.29) is 82.8 Å². The first kappa shape index (κ1) is 52.7. The highest BCUT2D eigenvalue weighted by Gasteiger charge is 2.75. The second kappa shape index (κ2) is 19.5. The number of hydrogen-bond acceptors (Lipinski definition) is 8. The van der Waals surface area contributed by atoms with Crippen molar-refractivity contribution in [1.82, 2.24) is 19.6 Å². The quantitative estimate of drug-likeness (QED) is 0.0827. The lowest BCUT2D eigenvalue weighted by Gasteiger charge is -2.77. The van der Waals surface area contributed by atoms with E-state index in [0.717, 1.165) is 88.7 Å². The van der Waals surface area contributed by atoms with Crippen molar-refractivity contribution in [3.63, 3.8) is 0 Å². The fourth-order valence-electron chi connectivity index (χ4n) is 17.3. The molecular weight excluding hydrogens is 999 g/mol. The first-order valence-corrected chi connectivity index (χ1v) is 29.1. The highest BCUT2D eigenvalue weighted by atomic mass is 19.2. The van der Waals surface area contributed by atoms with Crippen LogP contribution in [0.3, 0.4) is 0 Å². The Bertz CT molecular complexity index is 2780. The molecule has 0 unspecified atom stereocenters. The summed E-state index contributed by atoms with van der Waals surface area (Å²) < 4.78 is 89.3. The van der Waals surface area contributed by atoms with E-state index in [1.54, 1.807) is 0 Å². The van der Waals surface area contributed by atoms with Gasteiger partial charge in [-0.3, -0.25) is 28.4 Å². The number of rotatable bonds is 16. The van der Waals surface area contributed by atoms with Gasteiger partial charge in [0.2, 0.25) is 0 Å². The summed E-state index contributed by atoms with van der Waals surface area (Å²) in [5.74, 6) is -2.02. The molecule has 14 heteroatoms. The lowest BCUT2D eigenvalue weighted by Crippen LogP contribution is -2.79. The molecule has 4 aliphatic heterocycles. The van der Waals surface area contributed by atoms with Crippen LogP contribution in [0.1, 0.15) is 137 Å². The van der Waals surface area contributed by atoms with E-state index in [1.165, 1.54) is 57.7 Å². The van der Waals surface area contributed by atoms with Crippen molar-refractivity contribution in [2.75, 3.05) is 63.3 Å². The van der Waals surface area contributed by atoms with E-state index in [0.29, 0.717) is 50.1 Å². The van der Waals surface area contributed by atoms with Gasteiger partial charge in [0.25, 0.3) is 0 Å². The summed E-state index contributed by atoms with van der Waals surface area (Å²) in [5, 5.41) is 27.4. The fourth-order valence-corrected chi connectivity index (χ4v) is 17.3. The van der Waals surface area contributed by atoms with Crippen molar-refractivity contribution in [3.8, 4) is 0 Å². The molecule has 0 aromatic heterocycles. The number of fused-ring (bicyclic) bond motifs is 4. The van der Waals surface area contributed by atoms with Gasteiger partial charge in [-0.1, -0.05) is 48.5 Å². The van der Waals surface area contributed by atoms with Gasteiger partial charge in [-0.2, -0.15) is 0 Å². The van der Waals surface area contributed by atoms with Crippen LogP contribution in [0, 0.1) is 34.1 Å². The third-order valence-electron chi connectivity index (χ3n) is 20.9. The summed E-state index contributed by atoms with van der Waals surface area (Å²) in [6.07, 6.45) is 8.80. The number of nitrogens with one attached hydrogen (secondary N) is 2. The van der Waals surface area contributed by atoms with Crippen LogP contribution >= 0.6 is 0 Å². The zero-order valence-electron chi connectivity index (χ0n) is 45.6. The molecule has 0 amide bonds. The first-order chi connectivity index (χ1) is 37.5. The highest BCUT2D eigenvalue weighted by molar-refractivity contribution is 5.80. The summed E-state index contributed by atoms with van der Waals surface area (Å²) in [6.45, 7) is 11.9. The Morgan fingerprint density at radius 1 is 0.551 bits per heavy atom. The Balaban J connectivity index is 0.000000148. The largest absolute Gasteiger partial charge is 0.393 e. The second-order valence-corrected chi connectivity index (χ2v) is 26.0. The fraction of sp³-hybridized carbons (Fsp3) is 0.562. The standard InChI is InChI=1S/2C32H38F3N3O/c2*1-19-10-25-24-7-4-3-6-21(24)11-26(25)30(38(19)32-16-31(17-32,18-32)20(2)39)29-27(34)12-22(13-28(29)35)36-23-14-37(15-23)9-5-8-33/h2*3-4,6-7,12-13,19-20,23,30,36,39H,5,8-11,14-18H2,1-2H3/t19-,20+,30+,31?,32?;19-,20-,30+,31?,32?/m10/s1. The van der Waals surface area contributed by atoms with Gasteiger partial charge >= 0.3 is 0 Å². The first-order valence-electron chi connectivity index (χ1n) is 29.1. The van der Waals surface area contributed by atoms with Gasteiger partial charge in [0.1, 0.15) is 23.3 Å². The lowest BCUT2D eigenvalue weighted by atomic mass is 9.36. The van der Waals surface area contributed by atoms with Crippen molar-refractivity contribution in [2.24, 2.45) is 10.8 Å². The van der Waals surface area contributed by atoms with Crippen LogP contribution in [0.4, 0.5) is 37.7 Å². The number of benzene rings is 4. The molecule has 4 aromatic carbocycles. The summed E-state index contributed by atoms with van der Waals surface area (Å²) in [5.41, 5.74) is 10.6. The van der Waals surface area contributed by atoms with E-state index in [2.05, 4.69) is 80.5 Å². The average molecular weight is 1080 g/mol. The molecule has 4 bridgehead atoms. The molecule has 4 heterocycles. The monoisotopic (exact) mass is 1070 g/mol. The van der Waals surface area contributed by atoms with Gasteiger partial charge in [-0.25, -0.2) is 17.6 Å². The maximum atomic E-state index is 16.1. The SMILES string of the molecule is C[C@@H]1CC2=C(Cc3ccccc32)[C@@H](c2c(F)cc(NC3CN(CCCF)C3)cc2F)N1C12CC([C@H](C)O)(C1)C2.C[C@H](O)C12CC(N3[C@@H](c4c(F)cc(NC5CN(CCCF)C5)cc4F)C4=C(C[C@@H]3C)c3ccccc3C4)(C1)C2. The molecule has 4 aromatic rings. The third-order valence-corrected chi connectivity index (χ3v) is 20.9. The number of likely N-dealkylation sites (tertiary alicyclic amines) is 2.